The fraction of sp³-hybridized carbons (Fsp3) is 0.462. The predicted molar refractivity (Wildman–Crippen MR) is 79.0 cm³/mol. The van der Waals surface area contributed by atoms with Crippen molar-refractivity contribution in [2.24, 2.45) is 5.73 Å². The molecule has 0 unspecified atom stereocenters. The molecule has 1 saturated heterocycles. The molecule has 1 heterocycles. The number of carbonyl (C=O) groups excluding carboxylic acids is 1. The molecule has 0 radical (unpaired) electrons. The largest absolute Gasteiger partial charge is 0.364 e. The molecule has 1 aliphatic heterocycles. The second-order valence-electron chi connectivity index (χ2n) is 4.51. The molecule has 1 amide bonds. The van der Waals surface area contributed by atoms with Crippen molar-refractivity contribution in [3.63, 3.8) is 0 Å². The first kappa shape index (κ1) is 16.2. The van der Waals surface area contributed by atoms with E-state index < -0.39 is 6.10 Å². The van der Waals surface area contributed by atoms with Gasteiger partial charge in [0.2, 0.25) is 0 Å². The second kappa shape index (κ2) is 7.10. The molecule has 1 aromatic carbocycles. The van der Waals surface area contributed by atoms with Crippen LogP contribution >= 0.6 is 24.0 Å². The average molecular weight is 305 g/mol. The molecule has 3 N–H and O–H groups in total. The number of aryl methyl sites for hydroxylation is 1. The predicted octanol–water partition coefficient (Wildman–Crippen LogP) is 2.52. The van der Waals surface area contributed by atoms with Crippen LogP contribution in [0.15, 0.2) is 18.2 Å². The van der Waals surface area contributed by atoms with E-state index in [1.165, 1.54) is 0 Å². The lowest BCUT2D eigenvalue weighted by atomic mass is 10.1. The van der Waals surface area contributed by atoms with Crippen molar-refractivity contribution in [2.45, 2.75) is 32.0 Å². The third-order valence-electron chi connectivity index (χ3n) is 3.12. The van der Waals surface area contributed by atoms with Crippen LogP contribution in [0.5, 0.6) is 0 Å². The molecule has 0 aromatic heterocycles. The summed E-state index contributed by atoms with van der Waals surface area (Å²) < 4.78 is 5.54. The van der Waals surface area contributed by atoms with Crippen molar-refractivity contribution >= 4 is 35.6 Å². The zero-order chi connectivity index (χ0) is 13.1. The van der Waals surface area contributed by atoms with Crippen LogP contribution in [-0.2, 0) is 9.53 Å². The van der Waals surface area contributed by atoms with Gasteiger partial charge in [0.25, 0.3) is 5.91 Å². The van der Waals surface area contributed by atoms with Gasteiger partial charge in [-0.1, -0.05) is 17.7 Å². The molecular formula is C13H18Cl2N2O2. The number of amides is 1. The number of hydrogen-bond acceptors (Lipinski definition) is 3. The van der Waals surface area contributed by atoms with Crippen molar-refractivity contribution in [3.8, 4) is 0 Å². The number of nitrogens with two attached hydrogens (primary N) is 1. The van der Waals surface area contributed by atoms with E-state index >= 15 is 0 Å². The van der Waals surface area contributed by atoms with Crippen LogP contribution in [-0.4, -0.2) is 24.7 Å². The van der Waals surface area contributed by atoms with E-state index in [0.29, 0.717) is 18.0 Å². The van der Waals surface area contributed by atoms with Gasteiger partial charge >= 0.3 is 0 Å². The van der Waals surface area contributed by atoms with Gasteiger partial charge in [-0.25, -0.2) is 0 Å². The Kier molecular flexibility index (Phi) is 6.07. The molecule has 6 heteroatoms. The molecule has 1 fully saturated rings. The van der Waals surface area contributed by atoms with Crippen LogP contribution in [0.1, 0.15) is 18.4 Å². The number of carbonyl (C=O) groups is 1. The number of ether oxygens (including phenoxy) is 1. The van der Waals surface area contributed by atoms with Crippen molar-refractivity contribution < 1.29 is 9.53 Å². The number of anilines is 1. The summed E-state index contributed by atoms with van der Waals surface area (Å²) in [7, 11) is 0. The number of halogens is 2. The molecule has 4 nitrogen and oxygen atoms in total. The Labute approximate surface area is 124 Å². The van der Waals surface area contributed by atoms with Crippen molar-refractivity contribution in [2.75, 3.05) is 11.9 Å². The third-order valence-corrected chi connectivity index (χ3v) is 3.36. The maximum Gasteiger partial charge on any atom is 0.253 e. The van der Waals surface area contributed by atoms with Gasteiger partial charge in [-0.2, -0.15) is 0 Å². The van der Waals surface area contributed by atoms with E-state index in [2.05, 4.69) is 5.32 Å². The molecule has 1 aromatic rings. The minimum atomic E-state index is -0.406. The SMILES string of the molecule is Cc1ccc(Cl)cc1NC(=O)[C@@H]1CC[C@H](CN)O1.Cl. The Morgan fingerprint density at radius 3 is 2.89 bits per heavy atom. The number of nitrogens with one attached hydrogen (secondary N) is 1. The van der Waals surface area contributed by atoms with Crippen molar-refractivity contribution in [1.82, 2.24) is 0 Å². The fourth-order valence-corrected chi connectivity index (χ4v) is 2.19. The van der Waals surface area contributed by atoms with Gasteiger partial charge in [0.1, 0.15) is 6.10 Å². The maximum absolute atomic E-state index is 12.0. The maximum atomic E-state index is 12.0. The van der Waals surface area contributed by atoms with Crippen molar-refractivity contribution in [1.29, 1.82) is 0 Å². The summed E-state index contributed by atoms with van der Waals surface area (Å²) in [5.41, 5.74) is 7.22. The van der Waals surface area contributed by atoms with E-state index in [9.17, 15) is 4.79 Å². The lowest BCUT2D eigenvalue weighted by molar-refractivity contribution is -0.126. The molecule has 0 spiro atoms. The van der Waals surface area contributed by atoms with Gasteiger partial charge in [0.15, 0.2) is 0 Å². The molecule has 0 saturated carbocycles. The summed E-state index contributed by atoms with van der Waals surface area (Å²) in [5.74, 6) is -0.128. The van der Waals surface area contributed by atoms with Crippen LogP contribution in [0.2, 0.25) is 5.02 Å². The summed E-state index contributed by atoms with van der Waals surface area (Å²) in [4.78, 5) is 12.0. The minimum absolute atomic E-state index is 0. The van der Waals surface area contributed by atoms with Gasteiger partial charge in [-0.15, -0.1) is 12.4 Å². The lowest BCUT2D eigenvalue weighted by Gasteiger charge is -2.14. The zero-order valence-electron chi connectivity index (χ0n) is 10.7. The molecule has 2 atom stereocenters. The highest BCUT2D eigenvalue weighted by Crippen LogP contribution is 2.23. The van der Waals surface area contributed by atoms with Crippen molar-refractivity contribution in [3.05, 3.63) is 28.8 Å². The molecule has 2 rings (SSSR count). The summed E-state index contributed by atoms with van der Waals surface area (Å²) in [6, 6.07) is 5.41. The van der Waals surface area contributed by atoms with Gasteiger partial charge in [0, 0.05) is 17.3 Å². The van der Waals surface area contributed by atoms with Crippen LogP contribution < -0.4 is 11.1 Å². The molecule has 19 heavy (non-hydrogen) atoms. The quantitative estimate of drug-likeness (QED) is 0.902. The highest BCUT2D eigenvalue weighted by molar-refractivity contribution is 6.31. The number of rotatable bonds is 3. The topological polar surface area (TPSA) is 64.4 Å². The highest BCUT2D eigenvalue weighted by atomic mass is 35.5. The van der Waals surface area contributed by atoms with E-state index in [1.807, 2.05) is 13.0 Å². The lowest BCUT2D eigenvalue weighted by Crippen LogP contribution is -2.30. The van der Waals surface area contributed by atoms with Gasteiger partial charge < -0.3 is 15.8 Å². The molecular weight excluding hydrogens is 287 g/mol. The third kappa shape index (κ3) is 4.08. The Hall–Kier alpha value is -0.810. The second-order valence-corrected chi connectivity index (χ2v) is 4.94. The monoisotopic (exact) mass is 304 g/mol. The molecule has 0 aliphatic carbocycles. The minimum Gasteiger partial charge on any atom is -0.364 e. The average Bonchev–Trinajstić information content (AvgIpc) is 2.82. The van der Waals surface area contributed by atoms with E-state index in [-0.39, 0.29) is 24.4 Å². The molecule has 0 bridgehead atoms. The molecule has 106 valence electrons. The van der Waals surface area contributed by atoms with Crippen LogP contribution in [0.25, 0.3) is 0 Å². The first-order valence-electron chi connectivity index (χ1n) is 6.02. The van der Waals surface area contributed by atoms with Crippen LogP contribution in [0.4, 0.5) is 5.69 Å². The number of hydrogen-bond donors (Lipinski definition) is 2. The van der Waals surface area contributed by atoms with Gasteiger partial charge in [-0.3, -0.25) is 4.79 Å². The molecule has 1 aliphatic rings. The summed E-state index contributed by atoms with van der Waals surface area (Å²) in [6.45, 7) is 2.38. The summed E-state index contributed by atoms with van der Waals surface area (Å²) >= 11 is 5.91. The first-order valence-corrected chi connectivity index (χ1v) is 6.40. The summed E-state index contributed by atoms with van der Waals surface area (Å²) in [5, 5.41) is 3.45. The van der Waals surface area contributed by atoms with E-state index in [0.717, 1.165) is 17.7 Å². The Bertz CT molecular complexity index is 454. The number of benzene rings is 1. The normalized spacial score (nSPS) is 21.8. The Morgan fingerprint density at radius 2 is 2.26 bits per heavy atom. The van der Waals surface area contributed by atoms with Crippen LogP contribution in [0.3, 0.4) is 0 Å². The van der Waals surface area contributed by atoms with Crippen LogP contribution in [0, 0.1) is 6.92 Å². The zero-order valence-corrected chi connectivity index (χ0v) is 12.3. The summed E-state index contributed by atoms with van der Waals surface area (Å²) in [6.07, 6.45) is 1.15. The van der Waals surface area contributed by atoms with Gasteiger partial charge in [0.05, 0.1) is 6.10 Å². The first-order chi connectivity index (χ1) is 8.60. The standard InChI is InChI=1S/C13H17ClN2O2.ClH/c1-8-2-3-9(14)6-11(8)16-13(17)12-5-4-10(7-15)18-12;/h2-3,6,10,12H,4-5,7,15H2,1H3,(H,16,17);1H/t10-,12+;/m1./s1. The van der Waals surface area contributed by atoms with Gasteiger partial charge in [-0.05, 0) is 37.5 Å². The Morgan fingerprint density at radius 1 is 1.53 bits per heavy atom. The smallest absolute Gasteiger partial charge is 0.253 e. The van der Waals surface area contributed by atoms with E-state index in [1.54, 1.807) is 12.1 Å². The Balaban J connectivity index is 0.00000180. The highest BCUT2D eigenvalue weighted by Gasteiger charge is 2.29. The fourth-order valence-electron chi connectivity index (χ4n) is 2.01. The van der Waals surface area contributed by atoms with E-state index in [4.69, 9.17) is 22.1 Å².